The fraction of sp³-hybridized carbons (Fsp3) is 0.938. The normalized spacial score (nSPS) is 25.6. The predicted octanol–water partition coefficient (Wildman–Crippen LogP) is 0.113. The van der Waals surface area contributed by atoms with Gasteiger partial charge in [-0.3, -0.25) is 4.99 Å². The average Bonchev–Trinajstić information content (AvgIpc) is 3.16. The molecule has 2 aliphatic rings. The van der Waals surface area contributed by atoms with Gasteiger partial charge >= 0.3 is 0 Å². The smallest absolute Gasteiger partial charge is 0.213 e. The molecule has 0 bridgehead atoms. The summed E-state index contributed by atoms with van der Waals surface area (Å²) in [5, 5.41) is 3.33. The Kier molecular flexibility index (Phi) is 7.92. The van der Waals surface area contributed by atoms with Gasteiger partial charge in [-0.1, -0.05) is 0 Å². The summed E-state index contributed by atoms with van der Waals surface area (Å²) in [5.74, 6) is 0.976. The van der Waals surface area contributed by atoms with Crippen molar-refractivity contribution < 1.29 is 17.9 Å². The van der Waals surface area contributed by atoms with Crippen LogP contribution >= 0.6 is 0 Å². The minimum atomic E-state index is -3.11. The molecule has 2 aliphatic heterocycles. The van der Waals surface area contributed by atoms with E-state index in [0.717, 1.165) is 44.9 Å². The highest BCUT2D eigenvalue weighted by Gasteiger charge is 2.32. The van der Waals surface area contributed by atoms with E-state index in [0.29, 0.717) is 19.7 Å². The molecule has 0 aromatic rings. The number of ether oxygens (including phenoxy) is 2. The monoisotopic (exact) mass is 376 g/mol. The molecule has 2 atom stereocenters. The second-order valence-electron chi connectivity index (χ2n) is 6.46. The maximum atomic E-state index is 11.7. The van der Waals surface area contributed by atoms with Crippen molar-refractivity contribution in [1.82, 2.24) is 14.5 Å². The highest BCUT2D eigenvalue weighted by atomic mass is 32.2. The van der Waals surface area contributed by atoms with Crippen molar-refractivity contribution >= 4 is 16.0 Å². The minimum Gasteiger partial charge on any atom is -0.375 e. The van der Waals surface area contributed by atoms with E-state index < -0.39 is 10.0 Å². The Morgan fingerprint density at radius 1 is 1.32 bits per heavy atom. The molecule has 25 heavy (non-hydrogen) atoms. The molecule has 9 heteroatoms. The first-order valence-corrected chi connectivity index (χ1v) is 10.7. The number of sulfonamides is 1. The summed E-state index contributed by atoms with van der Waals surface area (Å²) >= 11 is 0. The summed E-state index contributed by atoms with van der Waals surface area (Å²) in [6.45, 7) is 5.91. The lowest BCUT2D eigenvalue weighted by Gasteiger charge is -2.37. The van der Waals surface area contributed by atoms with Gasteiger partial charge in [-0.05, 0) is 26.2 Å². The lowest BCUT2D eigenvalue weighted by atomic mass is 10.1. The second kappa shape index (κ2) is 9.70. The topological polar surface area (TPSA) is 83.5 Å². The molecule has 8 nitrogen and oxygen atoms in total. The van der Waals surface area contributed by atoms with Crippen LogP contribution < -0.4 is 5.32 Å². The summed E-state index contributed by atoms with van der Waals surface area (Å²) in [6, 6.07) is 0. The molecule has 0 saturated carbocycles. The lowest BCUT2D eigenvalue weighted by molar-refractivity contribution is -0.0816. The SMILES string of the molecule is CCS(=O)(=O)N(C)CCCNC(=NC)N1CCOC(C2CCCO2)C1. The molecule has 146 valence electrons. The molecule has 2 unspecified atom stereocenters. The molecule has 0 spiro atoms. The van der Waals surface area contributed by atoms with Crippen molar-refractivity contribution in [3.05, 3.63) is 0 Å². The van der Waals surface area contributed by atoms with E-state index in [1.165, 1.54) is 4.31 Å². The van der Waals surface area contributed by atoms with Gasteiger partial charge in [-0.25, -0.2) is 12.7 Å². The number of rotatable bonds is 7. The van der Waals surface area contributed by atoms with Crippen LogP contribution in [0.4, 0.5) is 0 Å². The van der Waals surface area contributed by atoms with Crippen LogP contribution in [0.5, 0.6) is 0 Å². The molecule has 2 fully saturated rings. The summed E-state index contributed by atoms with van der Waals surface area (Å²) in [5.41, 5.74) is 0. The van der Waals surface area contributed by atoms with Gasteiger partial charge in [0.15, 0.2) is 5.96 Å². The number of morpholine rings is 1. The Morgan fingerprint density at radius 3 is 2.72 bits per heavy atom. The molecule has 0 aliphatic carbocycles. The highest BCUT2D eigenvalue weighted by molar-refractivity contribution is 7.89. The van der Waals surface area contributed by atoms with E-state index >= 15 is 0 Å². The van der Waals surface area contributed by atoms with Crippen molar-refractivity contribution in [2.45, 2.75) is 38.4 Å². The molecule has 2 saturated heterocycles. The largest absolute Gasteiger partial charge is 0.375 e. The summed E-state index contributed by atoms with van der Waals surface area (Å²) in [6.07, 6.45) is 3.17. The molecule has 1 N–H and O–H groups in total. The van der Waals surface area contributed by atoms with Crippen molar-refractivity contribution in [2.75, 3.05) is 59.2 Å². The molecular formula is C16H32N4O4S. The first-order chi connectivity index (χ1) is 12.0. The Bertz CT molecular complexity index is 534. The zero-order chi connectivity index (χ0) is 18.3. The van der Waals surface area contributed by atoms with E-state index in [9.17, 15) is 8.42 Å². The van der Waals surface area contributed by atoms with Gasteiger partial charge in [0.25, 0.3) is 0 Å². The molecule has 0 amide bonds. The van der Waals surface area contributed by atoms with Crippen LogP contribution in [0.25, 0.3) is 0 Å². The van der Waals surface area contributed by atoms with Gasteiger partial charge in [0, 0.05) is 46.9 Å². The number of aliphatic imine (C=N–C) groups is 1. The Morgan fingerprint density at radius 2 is 2.08 bits per heavy atom. The molecule has 0 aromatic carbocycles. The van der Waals surface area contributed by atoms with Crippen molar-refractivity contribution in [1.29, 1.82) is 0 Å². The number of guanidine groups is 1. The Balaban J connectivity index is 1.76. The third-order valence-electron chi connectivity index (χ3n) is 4.76. The molecule has 2 rings (SSSR count). The van der Waals surface area contributed by atoms with Crippen LogP contribution in [-0.2, 0) is 19.5 Å². The van der Waals surface area contributed by atoms with Crippen molar-refractivity contribution in [3.8, 4) is 0 Å². The van der Waals surface area contributed by atoms with E-state index in [-0.39, 0.29) is 18.0 Å². The quantitative estimate of drug-likeness (QED) is 0.386. The van der Waals surface area contributed by atoms with Crippen molar-refractivity contribution in [2.24, 2.45) is 4.99 Å². The van der Waals surface area contributed by atoms with Crippen molar-refractivity contribution in [3.63, 3.8) is 0 Å². The van der Waals surface area contributed by atoms with Crippen LogP contribution in [0.2, 0.25) is 0 Å². The van der Waals surface area contributed by atoms with E-state index in [4.69, 9.17) is 9.47 Å². The first-order valence-electron chi connectivity index (χ1n) is 9.10. The zero-order valence-corrected chi connectivity index (χ0v) is 16.4. The zero-order valence-electron chi connectivity index (χ0n) is 15.6. The first kappa shape index (κ1) is 20.4. The van der Waals surface area contributed by atoms with E-state index in [2.05, 4.69) is 15.2 Å². The summed E-state index contributed by atoms with van der Waals surface area (Å²) in [4.78, 5) is 6.55. The molecular weight excluding hydrogens is 344 g/mol. The third-order valence-corrected chi connectivity index (χ3v) is 6.62. The van der Waals surface area contributed by atoms with Gasteiger partial charge in [0.05, 0.1) is 18.5 Å². The summed E-state index contributed by atoms with van der Waals surface area (Å²) in [7, 11) is 0.290. The number of hydrogen-bond donors (Lipinski definition) is 1. The molecule has 0 radical (unpaired) electrons. The van der Waals surface area contributed by atoms with Crippen LogP contribution in [0, 0.1) is 0 Å². The Labute approximate surface area is 151 Å². The van der Waals surface area contributed by atoms with Gasteiger partial charge in [0.1, 0.15) is 6.10 Å². The molecule has 0 aromatic heterocycles. The van der Waals surface area contributed by atoms with Crippen LogP contribution in [0.15, 0.2) is 4.99 Å². The predicted molar refractivity (Wildman–Crippen MR) is 98.4 cm³/mol. The van der Waals surface area contributed by atoms with E-state index in [1.54, 1.807) is 21.0 Å². The average molecular weight is 377 g/mol. The van der Waals surface area contributed by atoms with Crippen LogP contribution in [0.3, 0.4) is 0 Å². The fourth-order valence-electron chi connectivity index (χ4n) is 3.18. The lowest BCUT2D eigenvalue weighted by Crippen LogP contribution is -2.53. The third kappa shape index (κ3) is 5.80. The number of nitrogens with one attached hydrogen (secondary N) is 1. The summed E-state index contributed by atoms with van der Waals surface area (Å²) < 4.78 is 36.5. The fourth-order valence-corrected chi connectivity index (χ4v) is 4.03. The van der Waals surface area contributed by atoms with E-state index in [1.807, 2.05) is 0 Å². The number of nitrogens with zero attached hydrogens (tertiary/aromatic N) is 3. The standard InChI is InChI=1S/C16H32N4O4S/c1-4-25(21,22)19(3)9-6-8-18-16(17-2)20-10-12-24-15(13-20)14-7-5-11-23-14/h14-15H,4-13H2,1-3H3,(H,17,18). The highest BCUT2D eigenvalue weighted by Crippen LogP contribution is 2.21. The van der Waals surface area contributed by atoms with Gasteiger partial charge in [0.2, 0.25) is 10.0 Å². The van der Waals surface area contributed by atoms with Gasteiger partial charge < -0.3 is 19.7 Å². The molecule has 2 heterocycles. The van der Waals surface area contributed by atoms with Crippen LogP contribution in [-0.4, -0.2) is 95.0 Å². The maximum Gasteiger partial charge on any atom is 0.213 e. The maximum absolute atomic E-state index is 11.7. The van der Waals surface area contributed by atoms with Crippen LogP contribution in [0.1, 0.15) is 26.2 Å². The number of hydrogen-bond acceptors (Lipinski definition) is 5. The van der Waals surface area contributed by atoms with Gasteiger partial charge in [-0.2, -0.15) is 0 Å². The van der Waals surface area contributed by atoms with Gasteiger partial charge in [-0.15, -0.1) is 0 Å². The minimum absolute atomic E-state index is 0.0932. The Hall–Kier alpha value is -0.900. The second-order valence-corrected chi connectivity index (χ2v) is 8.82.